The van der Waals surface area contributed by atoms with E-state index in [-0.39, 0.29) is 4.90 Å². The normalized spacial score (nSPS) is 11.4. The molecule has 0 unspecified atom stereocenters. The molecule has 0 aliphatic carbocycles. The van der Waals surface area contributed by atoms with Crippen LogP contribution < -0.4 is 10.0 Å². The van der Waals surface area contributed by atoms with E-state index < -0.39 is 10.0 Å². The molecule has 0 saturated carbocycles. The fourth-order valence-corrected chi connectivity index (χ4v) is 2.71. The van der Waals surface area contributed by atoms with Gasteiger partial charge in [-0.15, -0.1) is 0 Å². The van der Waals surface area contributed by atoms with Gasteiger partial charge in [0, 0.05) is 26.5 Å². The molecule has 0 aliphatic rings. The van der Waals surface area contributed by atoms with E-state index in [1.54, 1.807) is 13.1 Å². The molecule has 0 aromatic carbocycles. The first kappa shape index (κ1) is 12.4. The van der Waals surface area contributed by atoms with Gasteiger partial charge in [0.25, 0.3) is 10.0 Å². The first-order valence-corrected chi connectivity index (χ1v) is 6.54. The molecule has 0 aliphatic heterocycles. The summed E-state index contributed by atoms with van der Waals surface area (Å²) in [5.74, 6) is 0. The molecule has 2 N–H and O–H groups in total. The SMILES string of the molecule is CN(c1ccncc1N)S(=O)(=O)c1cnn(C)c1. The van der Waals surface area contributed by atoms with E-state index in [0.29, 0.717) is 11.4 Å². The topological polar surface area (TPSA) is 94.1 Å². The second-order valence-corrected chi connectivity index (χ2v) is 5.73. The quantitative estimate of drug-likeness (QED) is 0.858. The number of anilines is 2. The molecular formula is C10H13N5O2S. The first-order valence-electron chi connectivity index (χ1n) is 5.10. The average molecular weight is 267 g/mol. The highest BCUT2D eigenvalue weighted by Gasteiger charge is 2.24. The van der Waals surface area contributed by atoms with Crippen LogP contribution in [0.25, 0.3) is 0 Å². The average Bonchev–Trinajstić information content (AvgIpc) is 2.76. The molecule has 0 fully saturated rings. The third-order valence-electron chi connectivity index (χ3n) is 2.51. The van der Waals surface area contributed by atoms with Crippen molar-refractivity contribution in [2.24, 2.45) is 7.05 Å². The Morgan fingerprint density at radius 1 is 1.39 bits per heavy atom. The predicted octanol–water partition coefficient (Wildman–Crippen LogP) is 0.222. The largest absolute Gasteiger partial charge is 0.396 e. The molecule has 2 aromatic rings. The van der Waals surface area contributed by atoms with Crippen molar-refractivity contribution in [2.45, 2.75) is 4.90 Å². The van der Waals surface area contributed by atoms with Crippen LogP contribution >= 0.6 is 0 Å². The van der Waals surface area contributed by atoms with Crippen molar-refractivity contribution in [3.05, 3.63) is 30.9 Å². The van der Waals surface area contributed by atoms with Crippen molar-refractivity contribution in [3.63, 3.8) is 0 Å². The summed E-state index contributed by atoms with van der Waals surface area (Å²) in [4.78, 5) is 3.94. The molecule has 8 heteroatoms. The number of nitrogens with zero attached hydrogens (tertiary/aromatic N) is 4. The van der Waals surface area contributed by atoms with Crippen molar-refractivity contribution in [1.82, 2.24) is 14.8 Å². The summed E-state index contributed by atoms with van der Waals surface area (Å²) in [5, 5.41) is 3.85. The van der Waals surface area contributed by atoms with Crippen LogP contribution in [-0.4, -0.2) is 30.2 Å². The summed E-state index contributed by atoms with van der Waals surface area (Å²) in [6, 6.07) is 1.54. The summed E-state index contributed by atoms with van der Waals surface area (Å²) >= 11 is 0. The molecule has 0 amide bonds. The maximum Gasteiger partial charge on any atom is 0.267 e. The van der Waals surface area contributed by atoms with E-state index in [9.17, 15) is 8.42 Å². The van der Waals surface area contributed by atoms with Crippen LogP contribution in [0, 0.1) is 0 Å². The molecule has 18 heavy (non-hydrogen) atoms. The molecule has 0 bridgehead atoms. The van der Waals surface area contributed by atoms with Crippen LogP contribution in [-0.2, 0) is 17.1 Å². The Bertz CT molecular complexity index is 664. The van der Waals surface area contributed by atoms with Crippen LogP contribution in [0.15, 0.2) is 35.7 Å². The molecular weight excluding hydrogens is 254 g/mol. The minimum atomic E-state index is -3.65. The van der Waals surface area contributed by atoms with Crippen molar-refractivity contribution < 1.29 is 8.42 Å². The Morgan fingerprint density at radius 3 is 2.67 bits per heavy atom. The molecule has 2 rings (SSSR count). The zero-order valence-electron chi connectivity index (χ0n) is 9.98. The van der Waals surface area contributed by atoms with E-state index >= 15 is 0 Å². The number of sulfonamides is 1. The van der Waals surface area contributed by atoms with Gasteiger partial charge < -0.3 is 5.73 Å². The van der Waals surface area contributed by atoms with Crippen molar-refractivity contribution in [3.8, 4) is 0 Å². The van der Waals surface area contributed by atoms with Gasteiger partial charge in [0.15, 0.2) is 0 Å². The van der Waals surface area contributed by atoms with Gasteiger partial charge in [0.05, 0.1) is 23.8 Å². The fourth-order valence-electron chi connectivity index (χ4n) is 1.51. The van der Waals surface area contributed by atoms with Crippen LogP contribution in [0.5, 0.6) is 0 Å². The van der Waals surface area contributed by atoms with Gasteiger partial charge >= 0.3 is 0 Å². The molecule has 96 valence electrons. The lowest BCUT2D eigenvalue weighted by atomic mass is 10.3. The smallest absolute Gasteiger partial charge is 0.267 e. The number of aromatic nitrogens is 3. The monoisotopic (exact) mass is 267 g/mol. The molecule has 0 spiro atoms. The van der Waals surface area contributed by atoms with Crippen molar-refractivity contribution >= 4 is 21.4 Å². The fraction of sp³-hybridized carbons (Fsp3) is 0.200. The summed E-state index contributed by atoms with van der Waals surface area (Å²) < 4.78 is 27.1. The van der Waals surface area contributed by atoms with Gasteiger partial charge in [0.2, 0.25) is 0 Å². The molecule has 0 saturated heterocycles. The highest BCUT2D eigenvalue weighted by molar-refractivity contribution is 7.92. The minimum absolute atomic E-state index is 0.115. The lowest BCUT2D eigenvalue weighted by Crippen LogP contribution is -2.27. The molecule has 0 radical (unpaired) electrons. The number of hydrogen-bond acceptors (Lipinski definition) is 5. The second kappa shape index (κ2) is 4.30. The van der Waals surface area contributed by atoms with E-state index in [1.165, 1.54) is 36.5 Å². The summed E-state index contributed by atoms with van der Waals surface area (Å²) in [6.07, 6.45) is 5.62. The van der Waals surface area contributed by atoms with Gasteiger partial charge in [-0.25, -0.2) is 8.42 Å². The van der Waals surface area contributed by atoms with E-state index in [1.807, 2.05) is 0 Å². The van der Waals surface area contributed by atoms with Gasteiger partial charge in [-0.05, 0) is 6.07 Å². The zero-order valence-corrected chi connectivity index (χ0v) is 10.8. The second-order valence-electron chi connectivity index (χ2n) is 3.76. The van der Waals surface area contributed by atoms with Crippen LogP contribution in [0.4, 0.5) is 11.4 Å². The van der Waals surface area contributed by atoms with Crippen LogP contribution in [0.3, 0.4) is 0 Å². The predicted molar refractivity (Wildman–Crippen MR) is 67.4 cm³/mol. The number of pyridine rings is 1. The Kier molecular flexibility index (Phi) is 2.95. The third-order valence-corrected chi connectivity index (χ3v) is 4.23. The number of nitrogens with two attached hydrogens (primary N) is 1. The standard InChI is InChI=1S/C10H13N5O2S/c1-14-7-8(5-13-14)18(16,17)15(2)10-3-4-12-6-9(10)11/h3-7H,11H2,1-2H3. The first-order chi connectivity index (χ1) is 8.43. The maximum absolute atomic E-state index is 12.3. The highest BCUT2D eigenvalue weighted by Crippen LogP contribution is 2.25. The number of rotatable bonds is 3. The Labute approximate surface area is 105 Å². The van der Waals surface area contributed by atoms with Gasteiger partial charge in [-0.2, -0.15) is 5.10 Å². The van der Waals surface area contributed by atoms with Gasteiger partial charge in [-0.1, -0.05) is 0 Å². The molecule has 7 nitrogen and oxygen atoms in total. The Morgan fingerprint density at radius 2 is 2.11 bits per heavy atom. The van der Waals surface area contributed by atoms with Crippen LogP contribution in [0.1, 0.15) is 0 Å². The lowest BCUT2D eigenvalue weighted by molar-refractivity contribution is 0.594. The lowest BCUT2D eigenvalue weighted by Gasteiger charge is -2.19. The van der Waals surface area contributed by atoms with E-state index in [0.717, 1.165) is 4.31 Å². The molecule has 0 atom stereocenters. The third kappa shape index (κ3) is 2.02. The maximum atomic E-state index is 12.3. The number of hydrogen-bond donors (Lipinski definition) is 1. The highest BCUT2D eigenvalue weighted by atomic mass is 32.2. The zero-order chi connectivity index (χ0) is 13.3. The van der Waals surface area contributed by atoms with Crippen LogP contribution in [0.2, 0.25) is 0 Å². The minimum Gasteiger partial charge on any atom is -0.396 e. The van der Waals surface area contributed by atoms with E-state index in [4.69, 9.17) is 5.73 Å². The van der Waals surface area contributed by atoms with E-state index in [2.05, 4.69) is 10.1 Å². The van der Waals surface area contributed by atoms with Gasteiger partial charge in [0.1, 0.15) is 4.90 Å². The van der Waals surface area contributed by atoms with Gasteiger partial charge in [-0.3, -0.25) is 14.0 Å². The summed E-state index contributed by atoms with van der Waals surface area (Å²) in [5.41, 5.74) is 6.39. The summed E-state index contributed by atoms with van der Waals surface area (Å²) in [6.45, 7) is 0. The number of nitrogen functional groups attached to an aromatic ring is 1. The Balaban J connectivity index is 2.46. The number of aryl methyl sites for hydroxylation is 1. The Hall–Kier alpha value is -2.09. The van der Waals surface area contributed by atoms with Crippen molar-refractivity contribution in [1.29, 1.82) is 0 Å². The molecule has 2 aromatic heterocycles. The molecule has 2 heterocycles. The van der Waals surface area contributed by atoms with Crippen molar-refractivity contribution in [2.75, 3.05) is 17.1 Å². The summed E-state index contributed by atoms with van der Waals surface area (Å²) in [7, 11) is -0.560.